The predicted molar refractivity (Wildman–Crippen MR) is 74.0 cm³/mol. The molecule has 1 fully saturated rings. The van der Waals surface area contributed by atoms with E-state index in [1.54, 1.807) is 0 Å². The van der Waals surface area contributed by atoms with Gasteiger partial charge in [0.15, 0.2) is 0 Å². The molecule has 102 valence electrons. The first-order valence-corrected chi connectivity index (χ1v) is 7.22. The SMILES string of the molecule is O=C1CCOCC1CN1CCCc2ccccc2C1. The standard InChI is InChI=1S/C16H21NO2/c18-16-7-9-19-12-15(16)11-17-8-3-6-13-4-1-2-5-14(13)10-17/h1-2,4-5,15H,3,6-12H2. The molecular formula is C16H21NO2. The van der Waals surface area contributed by atoms with E-state index in [9.17, 15) is 4.79 Å². The van der Waals surface area contributed by atoms with E-state index < -0.39 is 0 Å². The lowest BCUT2D eigenvalue weighted by atomic mass is 9.99. The Bertz CT molecular complexity index is 458. The van der Waals surface area contributed by atoms with Crippen LogP contribution in [0.25, 0.3) is 0 Å². The molecule has 3 rings (SSSR count). The maximum atomic E-state index is 11.9. The number of hydrogen-bond acceptors (Lipinski definition) is 3. The Balaban J connectivity index is 1.67. The Morgan fingerprint density at radius 3 is 2.89 bits per heavy atom. The van der Waals surface area contributed by atoms with Gasteiger partial charge in [0.1, 0.15) is 5.78 Å². The topological polar surface area (TPSA) is 29.5 Å². The number of hydrogen-bond donors (Lipinski definition) is 0. The van der Waals surface area contributed by atoms with Crippen LogP contribution in [0.5, 0.6) is 0 Å². The number of aryl methyl sites for hydroxylation is 1. The molecule has 0 bridgehead atoms. The Kier molecular flexibility index (Phi) is 3.95. The smallest absolute Gasteiger partial charge is 0.141 e. The zero-order valence-electron chi connectivity index (χ0n) is 11.3. The molecular weight excluding hydrogens is 238 g/mol. The van der Waals surface area contributed by atoms with E-state index in [0.29, 0.717) is 25.4 Å². The highest BCUT2D eigenvalue weighted by molar-refractivity contribution is 5.82. The molecule has 2 aliphatic rings. The summed E-state index contributed by atoms with van der Waals surface area (Å²) in [6.07, 6.45) is 2.93. The van der Waals surface area contributed by atoms with Gasteiger partial charge in [-0.25, -0.2) is 0 Å². The molecule has 3 nitrogen and oxygen atoms in total. The Labute approximate surface area is 114 Å². The molecule has 1 aromatic carbocycles. The van der Waals surface area contributed by atoms with Crippen LogP contribution in [0.3, 0.4) is 0 Å². The van der Waals surface area contributed by atoms with Gasteiger partial charge in [0.25, 0.3) is 0 Å². The summed E-state index contributed by atoms with van der Waals surface area (Å²) in [4.78, 5) is 14.3. The maximum absolute atomic E-state index is 11.9. The highest BCUT2D eigenvalue weighted by Crippen LogP contribution is 2.20. The number of Topliss-reactive ketones (excluding diaryl/α,β-unsaturated/α-hetero) is 1. The minimum Gasteiger partial charge on any atom is -0.380 e. The number of ether oxygens (including phenoxy) is 1. The quantitative estimate of drug-likeness (QED) is 0.814. The number of carbonyl (C=O) groups excluding carboxylic acids is 1. The summed E-state index contributed by atoms with van der Waals surface area (Å²) in [6.45, 7) is 4.13. The minimum atomic E-state index is 0.0824. The molecule has 1 saturated heterocycles. The largest absolute Gasteiger partial charge is 0.380 e. The fourth-order valence-corrected chi connectivity index (χ4v) is 3.09. The van der Waals surface area contributed by atoms with Gasteiger partial charge < -0.3 is 4.74 Å². The molecule has 19 heavy (non-hydrogen) atoms. The molecule has 2 aliphatic heterocycles. The van der Waals surface area contributed by atoms with Crippen molar-refractivity contribution in [3.63, 3.8) is 0 Å². The van der Waals surface area contributed by atoms with Gasteiger partial charge in [0.05, 0.1) is 19.1 Å². The van der Waals surface area contributed by atoms with Crippen molar-refractivity contribution >= 4 is 5.78 Å². The molecule has 2 heterocycles. The van der Waals surface area contributed by atoms with Crippen LogP contribution in [-0.2, 0) is 22.5 Å². The second-order valence-corrected chi connectivity index (χ2v) is 5.60. The van der Waals surface area contributed by atoms with Crippen molar-refractivity contribution in [1.29, 1.82) is 0 Å². The van der Waals surface area contributed by atoms with Gasteiger partial charge in [0.2, 0.25) is 0 Å². The summed E-state index contributed by atoms with van der Waals surface area (Å²) in [6, 6.07) is 8.67. The fraction of sp³-hybridized carbons (Fsp3) is 0.562. The van der Waals surface area contributed by atoms with Gasteiger partial charge in [0, 0.05) is 19.5 Å². The Morgan fingerprint density at radius 1 is 1.21 bits per heavy atom. The summed E-state index contributed by atoms with van der Waals surface area (Å²) in [5.74, 6) is 0.461. The van der Waals surface area contributed by atoms with Gasteiger partial charge in [-0.2, -0.15) is 0 Å². The summed E-state index contributed by atoms with van der Waals surface area (Å²) >= 11 is 0. The van der Waals surface area contributed by atoms with E-state index in [1.165, 1.54) is 17.5 Å². The number of nitrogens with zero attached hydrogens (tertiary/aromatic N) is 1. The first kappa shape index (κ1) is 12.8. The lowest BCUT2D eigenvalue weighted by Gasteiger charge is -2.28. The summed E-state index contributed by atoms with van der Waals surface area (Å²) in [5.41, 5.74) is 2.89. The van der Waals surface area contributed by atoms with Crippen molar-refractivity contribution in [3.05, 3.63) is 35.4 Å². The van der Waals surface area contributed by atoms with Gasteiger partial charge in [-0.15, -0.1) is 0 Å². The van der Waals surface area contributed by atoms with E-state index in [0.717, 1.165) is 26.1 Å². The normalized spacial score (nSPS) is 24.8. The average molecular weight is 259 g/mol. The molecule has 0 radical (unpaired) electrons. The van der Waals surface area contributed by atoms with Crippen LogP contribution in [0.4, 0.5) is 0 Å². The van der Waals surface area contributed by atoms with Crippen LogP contribution >= 0.6 is 0 Å². The van der Waals surface area contributed by atoms with Crippen molar-refractivity contribution in [2.24, 2.45) is 5.92 Å². The molecule has 0 aliphatic carbocycles. The molecule has 0 amide bonds. The van der Waals surface area contributed by atoms with E-state index >= 15 is 0 Å². The van der Waals surface area contributed by atoms with E-state index in [4.69, 9.17) is 4.74 Å². The van der Waals surface area contributed by atoms with E-state index in [1.807, 2.05) is 0 Å². The van der Waals surface area contributed by atoms with Gasteiger partial charge >= 0.3 is 0 Å². The van der Waals surface area contributed by atoms with Crippen molar-refractivity contribution in [1.82, 2.24) is 4.90 Å². The van der Waals surface area contributed by atoms with E-state index in [2.05, 4.69) is 29.2 Å². The molecule has 0 N–H and O–H groups in total. The summed E-state index contributed by atoms with van der Waals surface area (Å²) in [7, 11) is 0. The molecule has 0 spiro atoms. The van der Waals surface area contributed by atoms with E-state index in [-0.39, 0.29) is 5.92 Å². The van der Waals surface area contributed by atoms with Crippen molar-refractivity contribution < 1.29 is 9.53 Å². The number of benzene rings is 1. The molecule has 1 aromatic rings. The van der Waals surface area contributed by atoms with Crippen LogP contribution in [0, 0.1) is 5.92 Å². The maximum Gasteiger partial charge on any atom is 0.141 e. The number of fused-ring (bicyclic) bond motifs is 1. The van der Waals surface area contributed by atoms with Crippen molar-refractivity contribution in [2.75, 3.05) is 26.3 Å². The number of carbonyl (C=O) groups is 1. The third-order valence-corrected chi connectivity index (χ3v) is 4.18. The van der Waals surface area contributed by atoms with Gasteiger partial charge in [-0.3, -0.25) is 9.69 Å². The first-order chi connectivity index (χ1) is 9.33. The Hall–Kier alpha value is -1.19. The number of rotatable bonds is 2. The van der Waals surface area contributed by atoms with Crippen LogP contribution < -0.4 is 0 Å². The third kappa shape index (κ3) is 3.04. The molecule has 1 atom stereocenters. The number of ketones is 1. The first-order valence-electron chi connectivity index (χ1n) is 7.22. The van der Waals surface area contributed by atoms with Crippen molar-refractivity contribution in [2.45, 2.75) is 25.8 Å². The predicted octanol–water partition coefficient (Wildman–Crippen LogP) is 2.04. The lowest BCUT2D eigenvalue weighted by molar-refractivity contribution is -0.131. The summed E-state index contributed by atoms with van der Waals surface area (Å²) < 4.78 is 5.45. The zero-order chi connectivity index (χ0) is 13.1. The van der Waals surface area contributed by atoms with Crippen molar-refractivity contribution in [3.8, 4) is 0 Å². The second-order valence-electron chi connectivity index (χ2n) is 5.60. The monoisotopic (exact) mass is 259 g/mol. The Morgan fingerprint density at radius 2 is 2.05 bits per heavy atom. The molecule has 0 aromatic heterocycles. The highest BCUT2D eigenvalue weighted by atomic mass is 16.5. The summed E-state index contributed by atoms with van der Waals surface area (Å²) in [5, 5.41) is 0. The van der Waals surface area contributed by atoms with Crippen LogP contribution in [-0.4, -0.2) is 37.0 Å². The van der Waals surface area contributed by atoms with Crippen LogP contribution in [0.15, 0.2) is 24.3 Å². The molecule has 3 heteroatoms. The van der Waals surface area contributed by atoms with Crippen LogP contribution in [0.1, 0.15) is 24.0 Å². The molecule has 1 unspecified atom stereocenters. The van der Waals surface area contributed by atoms with Gasteiger partial charge in [-0.1, -0.05) is 24.3 Å². The average Bonchev–Trinajstić information content (AvgIpc) is 2.63. The second kappa shape index (κ2) is 5.85. The zero-order valence-corrected chi connectivity index (χ0v) is 11.3. The van der Waals surface area contributed by atoms with Gasteiger partial charge in [-0.05, 0) is 30.5 Å². The minimum absolute atomic E-state index is 0.0824. The fourth-order valence-electron chi connectivity index (χ4n) is 3.09. The third-order valence-electron chi connectivity index (χ3n) is 4.18. The highest BCUT2D eigenvalue weighted by Gasteiger charge is 2.26. The lowest BCUT2D eigenvalue weighted by Crippen LogP contribution is -2.38. The molecule has 0 saturated carbocycles. The van der Waals surface area contributed by atoms with Crippen LogP contribution in [0.2, 0.25) is 0 Å².